The fraction of sp³-hybridized carbons (Fsp3) is 0.375. The molecule has 3 aromatic rings. The van der Waals surface area contributed by atoms with Gasteiger partial charge in [0.05, 0.1) is 25.5 Å². The molecule has 0 saturated carbocycles. The smallest absolute Gasteiger partial charge is 0.230 e. The summed E-state index contributed by atoms with van der Waals surface area (Å²) < 4.78 is 13.2. The number of rotatable bonds is 10. The lowest BCUT2D eigenvalue weighted by molar-refractivity contribution is -0.118. The molecule has 8 heteroatoms. The molecule has 2 aromatic carbocycles. The zero-order chi connectivity index (χ0) is 22.2. The van der Waals surface area contributed by atoms with Crippen molar-refractivity contribution in [3.63, 3.8) is 0 Å². The van der Waals surface area contributed by atoms with Crippen LogP contribution in [0, 0.1) is 0 Å². The molecule has 1 N–H and O–H groups in total. The predicted molar refractivity (Wildman–Crippen MR) is 125 cm³/mol. The zero-order valence-electron chi connectivity index (χ0n) is 18.2. The Morgan fingerprint density at radius 2 is 2.00 bits per heavy atom. The van der Waals surface area contributed by atoms with Crippen LogP contribution in [-0.2, 0) is 22.5 Å². The zero-order valence-corrected chi connectivity index (χ0v) is 19.0. The van der Waals surface area contributed by atoms with Gasteiger partial charge in [0.15, 0.2) is 11.0 Å². The second kappa shape index (κ2) is 11.2. The van der Waals surface area contributed by atoms with Crippen molar-refractivity contribution in [3.8, 4) is 17.1 Å². The van der Waals surface area contributed by atoms with E-state index in [0.29, 0.717) is 18.8 Å². The molecule has 7 nitrogen and oxygen atoms in total. The maximum Gasteiger partial charge on any atom is 0.230 e. The summed E-state index contributed by atoms with van der Waals surface area (Å²) in [6, 6.07) is 17.9. The summed E-state index contributed by atoms with van der Waals surface area (Å²) in [5, 5.41) is 12.5. The third kappa shape index (κ3) is 5.89. The van der Waals surface area contributed by atoms with Gasteiger partial charge in [0.1, 0.15) is 5.75 Å². The van der Waals surface area contributed by atoms with E-state index in [9.17, 15) is 4.79 Å². The fourth-order valence-corrected chi connectivity index (χ4v) is 4.46. The number of amides is 1. The van der Waals surface area contributed by atoms with Gasteiger partial charge in [0.2, 0.25) is 5.91 Å². The molecule has 1 aliphatic heterocycles. The summed E-state index contributed by atoms with van der Waals surface area (Å²) in [6.45, 7) is 2.08. The highest BCUT2D eigenvalue weighted by Gasteiger charge is 2.22. The number of benzene rings is 2. The Morgan fingerprint density at radius 1 is 1.19 bits per heavy atom. The molecule has 0 radical (unpaired) electrons. The largest absolute Gasteiger partial charge is 0.497 e. The third-order valence-electron chi connectivity index (χ3n) is 5.39. The highest BCUT2D eigenvalue weighted by atomic mass is 32.2. The van der Waals surface area contributed by atoms with Gasteiger partial charge in [-0.2, -0.15) is 0 Å². The van der Waals surface area contributed by atoms with Crippen molar-refractivity contribution in [2.24, 2.45) is 0 Å². The van der Waals surface area contributed by atoms with Gasteiger partial charge in [-0.3, -0.25) is 9.36 Å². The molecule has 4 rings (SSSR count). The molecular weight excluding hydrogens is 424 g/mol. The molecule has 1 atom stereocenters. The van der Waals surface area contributed by atoms with Crippen LogP contribution in [0.2, 0.25) is 0 Å². The summed E-state index contributed by atoms with van der Waals surface area (Å²) in [4.78, 5) is 12.4. The lowest BCUT2D eigenvalue weighted by Gasteiger charge is -2.15. The first-order valence-corrected chi connectivity index (χ1v) is 11.8. The average Bonchev–Trinajstić information content (AvgIpc) is 3.49. The number of nitrogens with zero attached hydrogens (tertiary/aromatic N) is 3. The number of ether oxygens (including phenoxy) is 2. The van der Waals surface area contributed by atoms with Crippen molar-refractivity contribution in [1.29, 1.82) is 0 Å². The van der Waals surface area contributed by atoms with Crippen LogP contribution in [0.15, 0.2) is 59.8 Å². The number of thioether (sulfide) groups is 1. The van der Waals surface area contributed by atoms with Crippen LogP contribution in [0.3, 0.4) is 0 Å². The van der Waals surface area contributed by atoms with Gasteiger partial charge in [-0.15, -0.1) is 10.2 Å². The maximum absolute atomic E-state index is 12.4. The van der Waals surface area contributed by atoms with Gasteiger partial charge in [-0.05, 0) is 49.1 Å². The summed E-state index contributed by atoms with van der Waals surface area (Å²) in [6.07, 6.45) is 3.04. The molecule has 0 spiro atoms. The van der Waals surface area contributed by atoms with Gasteiger partial charge in [0.25, 0.3) is 0 Å². The first kappa shape index (κ1) is 22.4. The van der Waals surface area contributed by atoms with Crippen molar-refractivity contribution in [1.82, 2.24) is 20.1 Å². The number of carbonyl (C=O) groups excluding carboxylic acids is 1. The first-order chi connectivity index (χ1) is 15.7. The van der Waals surface area contributed by atoms with Crippen molar-refractivity contribution < 1.29 is 14.3 Å². The summed E-state index contributed by atoms with van der Waals surface area (Å²) in [5.41, 5.74) is 2.16. The molecule has 1 aliphatic rings. The Morgan fingerprint density at radius 3 is 2.72 bits per heavy atom. The van der Waals surface area contributed by atoms with E-state index in [1.807, 2.05) is 42.5 Å². The number of carbonyl (C=O) groups is 1. The lowest BCUT2D eigenvalue weighted by Crippen LogP contribution is -2.27. The topological polar surface area (TPSA) is 78.3 Å². The van der Waals surface area contributed by atoms with Crippen LogP contribution in [0.25, 0.3) is 11.4 Å². The van der Waals surface area contributed by atoms with E-state index >= 15 is 0 Å². The van der Waals surface area contributed by atoms with Gasteiger partial charge in [-0.25, -0.2) is 0 Å². The van der Waals surface area contributed by atoms with Gasteiger partial charge < -0.3 is 14.8 Å². The van der Waals surface area contributed by atoms with Gasteiger partial charge in [-0.1, -0.05) is 42.1 Å². The van der Waals surface area contributed by atoms with E-state index in [2.05, 4.69) is 32.2 Å². The summed E-state index contributed by atoms with van der Waals surface area (Å²) in [7, 11) is 1.65. The fourth-order valence-electron chi connectivity index (χ4n) is 3.68. The average molecular weight is 453 g/mol. The molecule has 2 heterocycles. The second-order valence-electron chi connectivity index (χ2n) is 7.65. The minimum atomic E-state index is -0.0106. The van der Waals surface area contributed by atoms with Gasteiger partial charge in [0, 0.05) is 18.7 Å². The van der Waals surface area contributed by atoms with E-state index in [4.69, 9.17) is 9.47 Å². The number of aromatic nitrogens is 3. The molecule has 1 unspecified atom stereocenters. The number of nitrogens with one attached hydrogen (secondary N) is 1. The van der Waals surface area contributed by atoms with Crippen molar-refractivity contribution in [2.45, 2.75) is 37.1 Å². The highest BCUT2D eigenvalue weighted by molar-refractivity contribution is 7.99. The van der Waals surface area contributed by atoms with Crippen LogP contribution in [0.1, 0.15) is 18.4 Å². The number of hydrogen-bond donors (Lipinski definition) is 1. The van der Waals surface area contributed by atoms with Crippen LogP contribution < -0.4 is 10.1 Å². The van der Waals surface area contributed by atoms with E-state index < -0.39 is 0 Å². The minimum Gasteiger partial charge on any atom is -0.497 e. The SMILES string of the molecule is COc1ccc(-c2nnc(SCC(=O)NCCc3ccccc3)n2CC2CCCO2)cc1. The standard InChI is InChI=1S/C24H28N4O3S/c1-30-20-11-9-19(10-12-20)23-26-27-24(28(23)16-21-8-5-15-31-21)32-17-22(29)25-14-13-18-6-3-2-4-7-18/h2-4,6-7,9-12,21H,5,8,13-17H2,1H3,(H,25,29). The molecule has 1 amide bonds. The normalized spacial score (nSPS) is 15.6. The predicted octanol–water partition coefficient (Wildman–Crippen LogP) is 3.58. The van der Waals surface area contributed by atoms with Crippen LogP contribution in [0.4, 0.5) is 0 Å². The Bertz CT molecular complexity index is 1000. The van der Waals surface area contributed by atoms with Crippen LogP contribution in [0.5, 0.6) is 5.75 Å². The monoisotopic (exact) mass is 452 g/mol. The Kier molecular flexibility index (Phi) is 7.79. The quantitative estimate of drug-likeness (QED) is 0.474. The number of methoxy groups -OCH3 is 1. The maximum atomic E-state index is 12.4. The van der Waals surface area contributed by atoms with Crippen LogP contribution in [-0.4, -0.2) is 52.8 Å². The second-order valence-corrected chi connectivity index (χ2v) is 8.60. The highest BCUT2D eigenvalue weighted by Crippen LogP contribution is 2.27. The molecule has 1 aromatic heterocycles. The van der Waals surface area contributed by atoms with E-state index in [1.165, 1.54) is 17.3 Å². The third-order valence-corrected chi connectivity index (χ3v) is 6.35. The molecule has 1 fully saturated rings. The summed E-state index contributed by atoms with van der Waals surface area (Å²) in [5.74, 6) is 1.85. The van der Waals surface area contributed by atoms with Crippen molar-refractivity contribution in [2.75, 3.05) is 26.0 Å². The summed E-state index contributed by atoms with van der Waals surface area (Å²) >= 11 is 1.40. The molecular formula is C24H28N4O3S. The Balaban J connectivity index is 1.40. The Hall–Kier alpha value is -2.84. The molecule has 32 heavy (non-hydrogen) atoms. The van der Waals surface area contributed by atoms with Crippen molar-refractivity contribution in [3.05, 3.63) is 60.2 Å². The molecule has 1 saturated heterocycles. The molecule has 0 aliphatic carbocycles. The van der Waals surface area contributed by atoms with E-state index in [-0.39, 0.29) is 12.0 Å². The van der Waals surface area contributed by atoms with Crippen LogP contribution >= 0.6 is 11.8 Å². The minimum absolute atomic E-state index is 0.0106. The Labute approximate surface area is 192 Å². The lowest BCUT2D eigenvalue weighted by atomic mass is 10.1. The molecule has 0 bridgehead atoms. The number of hydrogen-bond acceptors (Lipinski definition) is 6. The van der Waals surface area contributed by atoms with Gasteiger partial charge >= 0.3 is 0 Å². The molecule has 168 valence electrons. The van der Waals surface area contributed by atoms with E-state index in [1.54, 1.807) is 7.11 Å². The first-order valence-electron chi connectivity index (χ1n) is 10.9. The van der Waals surface area contributed by atoms with E-state index in [0.717, 1.165) is 48.2 Å². The van der Waals surface area contributed by atoms with Crippen molar-refractivity contribution >= 4 is 17.7 Å².